The van der Waals surface area contributed by atoms with Gasteiger partial charge in [-0.25, -0.2) is 18.6 Å². The number of fused-ring (bicyclic) bond motifs is 2. The van der Waals surface area contributed by atoms with E-state index in [1.807, 2.05) is 13.8 Å². The second kappa shape index (κ2) is 5.84. The first kappa shape index (κ1) is 17.1. The Balaban J connectivity index is 1.76. The van der Waals surface area contributed by atoms with Gasteiger partial charge in [0, 0.05) is 36.7 Å². The average molecular weight is 348 g/mol. The largest absolute Gasteiger partial charge is 0.353 e. The molecular weight excluding hydrogens is 322 g/mol. The zero-order valence-electron chi connectivity index (χ0n) is 14.4. The van der Waals surface area contributed by atoms with Crippen molar-refractivity contribution in [3.63, 3.8) is 0 Å². The Kier molecular flexibility index (Phi) is 4.16. The number of ether oxygens (including phenoxy) is 3. The average Bonchev–Trinajstić information content (AvgIpc) is 2.77. The Hall–Kier alpha value is -0.340. The first-order chi connectivity index (χ1) is 11.4. The van der Waals surface area contributed by atoms with Crippen LogP contribution in [0.5, 0.6) is 0 Å². The van der Waals surface area contributed by atoms with Gasteiger partial charge in [0.05, 0.1) is 0 Å². The minimum Gasteiger partial charge on any atom is -0.353 e. The molecule has 2 bridgehead atoms. The van der Waals surface area contributed by atoms with E-state index in [4.69, 9.17) is 24.0 Å². The molecule has 24 heavy (non-hydrogen) atoms. The fourth-order valence-corrected chi connectivity index (χ4v) is 5.28. The quantitative estimate of drug-likeness (QED) is 0.731. The predicted molar refractivity (Wildman–Crippen MR) is 78.8 cm³/mol. The summed E-state index contributed by atoms with van der Waals surface area (Å²) in [6.45, 7) is 6.26. The van der Waals surface area contributed by atoms with E-state index in [2.05, 4.69) is 0 Å². The molecule has 0 radical (unpaired) electrons. The van der Waals surface area contributed by atoms with Crippen LogP contribution in [0.3, 0.4) is 0 Å². The summed E-state index contributed by atoms with van der Waals surface area (Å²) < 4.78 is 45.3. The topological polar surface area (TPSA) is 46.2 Å². The van der Waals surface area contributed by atoms with Crippen LogP contribution in [0.4, 0.5) is 8.78 Å². The van der Waals surface area contributed by atoms with Gasteiger partial charge in [-0.1, -0.05) is 6.92 Å². The number of rotatable bonds is 3. The van der Waals surface area contributed by atoms with Gasteiger partial charge < -0.3 is 14.2 Å². The van der Waals surface area contributed by atoms with Crippen molar-refractivity contribution in [3.05, 3.63) is 0 Å². The van der Waals surface area contributed by atoms with Crippen molar-refractivity contribution in [1.82, 2.24) is 0 Å². The lowest BCUT2D eigenvalue weighted by atomic mass is 9.58. The van der Waals surface area contributed by atoms with Crippen LogP contribution in [0.1, 0.15) is 46.5 Å². The highest BCUT2D eigenvalue weighted by molar-refractivity contribution is 5.10. The number of hydrogen-bond acceptors (Lipinski definition) is 5. The molecule has 0 N–H and O–H groups in total. The third-order valence-electron chi connectivity index (χ3n) is 6.46. The second-order valence-electron chi connectivity index (χ2n) is 7.75. The first-order valence-electron chi connectivity index (χ1n) is 9.01. The summed E-state index contributed by atoms with van der Waals surface area (Å²) in [4.78, 5) is 11.5. The van der Waals surface area contributed by atoms with Crippen molar-refractivity contribution in [1.29, 1.82) is 0 Å². The minimum atomic E-state index is -2.38. The van der Waals surface area contributed by atoms with Gasteiger partial charge in [-0.3, -0.25) is 0 Å². The lowest BCUT2D eigenvalue weighted by Gasteiger charge is -2.60. The van der Waals surface area contributed by atoms with Crippen LogP contribution >= 0.6 is 0 Å². The summed E-state index contributed by atoms with van der Waals surface area (Å²) in [7, 11) is 0. The SMILES string of the molecule is CCO[C@H]1O[C@@H]2O[C@]3(C)CC[C@H]4[C@H](C(F)F)CC[C@@H]([C@H]1C)[C@@]24OO3. The monoisotopic (exact) mass is 348 g/mol. The zero-order chi connectivity index (χ0) is 17.1. The highest BCUT2D eigenvalue weighted by Crippen LogP contribution is 2.61. The maximum atomic E-state index is 13.7. The highest BCUT2D eigenvalue weighted by Gasteiger charge is 2.70. The molecule has 5 aliphatic rings. The van der Waals surface area contributed by atoms with E-state index in [1.54, 1.807) is 6.92 Å². The molecule has 0 aromatic carbocycles. The lowest BCUT2D eigenvalue weighted by Crippen LogP contribution is -2.71. The Morgan fingerprint density at radius 3 is 2.67 bits per heavy atom. The molecule has 8 atom stereocenters. The Morgan fingerprint density at radius 2 is 1.96 bits per heavy atom. The Morgan fingerprint density at radius 1 is 1.17 bits per heavy atom. The van der Waals surface area contributed by atoms with E-state index in [0.29, 0.717) is 32.3 Å². The fourth-order valence-electron chi connectivity index (χ4n) is 5.28. The van der Waals surface area contributed by atoms with Gasteiger partial charge in [0.15, 0.2) is 18.2 Å². The van der Waals surface area contributed by atoms with Crippen molar-refractivity contribution in [3.8, 4) is 0 Å². The summed E-state index contributed by atoms with van der Waals surface area (Å²) in [5.74, 6) is -1.97. The molecule has 5 rings (SSSR count). The van der Waals surface area contributed by atoms with Crippen molar-refractivity contribution in [2.45, 2.75) is 76.8 Å². The molecule has 0 amide bonds. The fraction of sp³-hybridized carbons (Fsp3) is 1.00. The van der Waals surface area contributed by atoms with Crippen molar-refractivity contribution in [2.75, 3.05) is 6.61 Å². The molecule has 4 saturated heterocycles. The van der Waals surface area contributed by atoms with Crippen LogP contribution in [-0.4, -0.2) is 37.0 Å². The van der Waals surface area contributed by atoms with Gasteiger partial charge in [-0.15, -0.1) is 0 Å². The van der Waals surface area contributed by atoms with Crippen molar-refractivity contribution >= 4 is 0 Å². The molecule has 138 valence electrons. The number of hydrogen-bond donors (Lipinski definition) is 0. The maximum Gasteiger partial charge on any atom is 0.241 e. The van der Waals surface area contributed by atoms with Crippen LogP contribution in [0.2, 0.25) is 0 Å². The molecule has 0 aromatic heterocycles. The number of alkyl halides is 2. The molecule has 1 spiro atoms. The van der Waals surface area contributed by atoms with E-state index < -0.39 is 36.3 Å². The van der Waals surface area contributed by atoms with Crippen LogP contribution in [0.15, 0.2) is 0 Å². The van der Waals surface area contributed by atoms with E-state index in [9.17, 15) is 8.78 Å². The molecule has 4 heterocycles. The molecule has 5 fully saturated rings. The summed E-state index contributed by atoms with van der Waals surface area (Å²) >= 11 is 0. The molecule has 5 nitrogen and oxygen atoms in total. The van der Waals surface area contributed by atoms with Crippen molar-refractivity contribution < 1.29 is 32.8 Å². The summed E-state index contributed by atoms with van der Waals surface area (Å²) in [6, 6.07) is 0. The van der Waals surface area contributed by atoms with Gasteiger partial charge in [0.2, 0.25) is 12.2 Å². The summed E-state index contributed by atoms with van der Waals surface area (Å²) in [5.41, 5.74) is -0.970. The van der Waals surface area contributed by atoms with Gasteiger partial charge in [-0.05, 0) is 33.1 Å². The third-order valence-corrected chi connectivity index (χ3v) is 6.46. The minimum absolute atomic E-state index is 0.00968. The van der Waals surface area contributed by atoms with E-state index in [1.165, 1.54) is 0 Å². The molecule has 0 unspecified atom stereocenters. The predicted octanol–water partition coefficient (Wildman–Crippen LogP) is 3.48. The maximum absolute atomic E-state index is 13.7. The Bertz CT molecular complexity index is 492. The van der Waals surface area contributed by atoms with E-state index >= 15 is 0 Å². The summed E-state index contributed by atoms with van der Waals surface area (Å²) in [5, 5.41) is 0. The van der Waals surface area contributed by atoms with Gasteiger partial charge in [0.1, 0.15) is 0 Å². The van der Waals surface area contributed by atoms with Crippen LogP contribution < -0.4 is 0 Å². The van der Waals surface area contributed by atoms with Gasteiger partial charge >= 0.3 is 0 Å². The smallest absolute Gasteiger partial charge is 0.241 e. The normalized spacial score (nSPS) is 53.8. The Labute approximate surface area is 140 Å². The third kappa shape index (κ3) is 2.28. The second-order valence-corrected chi connectivity index (χ2v) is 7.75. The molecule has 4 aliphatic heterocycles. The number of halogens is 2. The highest BCUT2D eigenvalue weighted by atomic mass is 19.3. The van der Waals surface area contributed by atoms with Crippen LogP contribution in [0, 0.1) is 23.7 Å². The zero-order valence-corrected chi connectivity index (χ0v) is 14.4. The van der Waals surface area contributed by atoms with Crippen molar-refractivity contribution in [2.24, 2.45) is 23.7 Å². The van der Waals surface area contributed by atoms with Gasteiger partial charge in [-0.2, -0.15) is 0 Å². The molecule has 7 heteroatoms. The van der Waals surface area contributed by atoms with E-state index in [0.717, 1.165) is 0 Å². The van der Waals surface area contributed by atoms with Crippen LogP contribution in [-0.2, 0) is 24.0 Å². The molecule has 0 aromatic rings. The van der Waals surface area contributed by atoms with Gasteiger partial charge in [0.25, 0.3) is 0 Å². The lowest BCUT2D eigenvalue weighted by molar-refractivity contribution is -0.578. The summed E-state index contributed by atoms with van der Waals surface area (Å²) in [6.07, 6.45) is -1.28. The van der Waals surface area contributed by atoms with E-state index in [-0.39, 0.29) is 17.8 Å². The standard InChI is InChI=1S/C17H26F2O5/c1-4-20-14-9(2)11-6-5-10(13(18)19)12-7-8-16(3)22-15(21-14)17(11,12)24-23-16/h9-15H,4-8H2,1-3H3/t9-,10-,11+,12+,14+,15-,16+,17+/m1/s1. The molecule has 1 aliphatic carbocycles. The molecular formula is C17H26F2O5. The molecule has 1 saturated carbocycles. The van der Waals surface area contributed by atoms with Crippen LogP contribution in [0.25, 0.3) is 0 Å². The first-order valence-corrected chi connectivity index (χ1v) is 9.01.